The summed E-state index contributed by atoms with van der Waals surface area (Å²) in [4.78, 5) is 16.5. The molecule has 0 saturated carbocycles. The summed E-state index contributed by atoms with van der Waals surface area (Å²) in [5, 5.41) is 4.45. The molecule has 1 amide bonds. The predicted molar refractivity (Wildman–Crippen MR) is 112 cm³/mol. The highest BCUT2D eigenvalue weighted by Crippen LogP contribution is 2.33. The summed E-state index contributed by atoms with van der Waals surface area (Å²) in [6.45, 7) is 1.75. The lowest BCUT2D eigenvalue weighted by atomic mass is 9.96. The van der Waals surface area contributed by atoms with E-state index in [9.17, 15) is 18.0 Å². The normalized spacial score (nSPS) is 13.2. The number of alkyl halides is 3. The fourth-order valence-electron chi connectivity index (χ4n) is 3.25. The molecule has 1 unspecified atom stereocenters. The number of hydrogen-bond donors (Lipinski definition) is 3. The average Bonchev–Trinajstić information content (AvgIpc) is 2.73. The Morgan fingerprint density at radius 3 is 2.37 bits per heavy atom. The number of halogens is 3. The fourth-order valence-corrected chi connectivity index (χ4v) is 3.25. The molecule has 0 aliphatic carbocycles. The number of carbonyl (C=O) groups excluding carboxylic acids is 1. The third-order valence-electron chi connectivity index (χ3n) is 4.81. The highest BCUT2D eigenvalue weighted by atomic mass is 19.4. The molecule has 0 saturated heterocycles. The van der Waals surface area contributed by atoms with Gasteiger partial charge < -0.3 is 10.7 Å². The molecule has 156 valence electrons. The van der Waals surface area contributed by atoms with Crippen molar-refractivity contribution in [2.24, 2.45) is 10.8 Å². The number of fused-ring (bicyclic) bond motifs is 1. The maximum Gasteiger partial charge on any atom is 0.416 e. The zero-order chi connectivity index (χ0) is 21.9. The first-order valence-electron chi connectivity index (χ1n) is 9.19. The van der Waals surface area contributed by atoms with E-state index < -0.39 is 17.8 Å². The van der Waals surface area contributed by atoms with Gasteiger partial charge in [0.1, 0.15) is 5.84 Å². The Kier molecular flexibility index (Phi) is 6.07. The van der Waals surface area contributed by atoms with Crippen LogP contribution in [-0.2, 0) is 6.18 Å². The van der Waals surface area contributed by atoms with Crippen molar-refractivity contribution in [2.75, 3.05) is 7.05 Å². The molecule has 0 radical (unpaired) electrons. The van der Waals surface area contributed by atoms with Gasteiger partial charge in [0.25, 0.3) is 5.91 Å². The minimum absolute atomic E-state index is 0.291. The van der Waals surface area contributed by atoms with Crippen LogP contribution in [0.25, 0.3) is 21.9 Å². The lowest BCUT2D eigenvalue weighted by Crippen LogP contribution is -2.47. The highest BCUT2D eigenvalue weighted by molar-refractivity contribution is 6.04. The maximum atomic E-state index is 12.8. The number of rotatable bonds is 4. The number of hydrazine groups is 1. The quantitative estimate of drug-likeness (QED) is 0.260. The van der Waals surface area contributed by atoms with Crippen molar-refractivity contribution in [1.29, 1.82) is 0 Å². The summed E-state index contributed by atoms with van der Waals surface area (Å²) < 4.78 is 38.5. The van der Waals surface area contributed by atoms with E-state index in [-0.39, 0.29) is 5.91 Å². The van der Waals surface area contributed by atoms with Gasteiger partial charge in [0.05, 0.1) is 11.6 Å². The van der Waals surface area contributed by atoms with Crippen LogP contribution in [0.15, 0.2) is 65.7 Å². The molecule has 3 aromatic carbocycles. The molecular formula is C22H21F3N4O. The fraction of sp³-hybridized carbons (Fsp3) is 0.182. The van der Waals surface area contributed by atoms with Gasteiger partial charge in [-0.15, -0.1) is 0 Å². The maximum absolute atomic E-state index is 12.8. The molecule has 0 aliphatic rings. The zero-order valence-corrected chi connectivity index (χ0v) is 16.4. The number of carbonyl (C=O) groups is 1. The topological polar surface area (TPSA) is 79.5 Å². The third kappa shape index (κ3) is 4.44. The first-order chi connectivity index (χ1) is 14.2. The minimum atomic E-state index is -4.38. The van der Waals surface area contributed by atoms with Gasteiger partial charge in [-0.05, 0) is 53.1 Å². The van der Waals surface area contributed by atoms with Gasteiger partial charge in [-0.25, -0.2) is 5.84 Å². The monoisotopic (exact) mass is 414 g/mol. The van der Waals surface area contributed by atoms with Crippen molar-refractivity contribution in [1.82, 2.24) is 10.7 Å². The Balaban J connectivity index is 1.91. The first-order valence-corrected chi connectivity index (χ1v) is 9.19. The van der Waals surface area contributed by atoms with Crippen LogP contribution in [0, 0.1) is 0 Å². The molecular weight excluding hydrogens is 393 g/mol. The van der Waals surface area contributed by atoms with E-state index in [1.807, 2.05) is 12.1 Å². The third-order valence-corrected chi connectivity index (χ3v) is 4.81. The van der Waals surface area contributed by atoms with Crippen molar-refractivity contribution in [2.45, 2.75) is 19.1 Å². The molecule has 0 aromatic heterocycles. The summed E-state index contributed by atoms with van der Waals surface area (Å²) in [6.07, 6.45) is -4.38. The average molecular weight is 414 g/mol. The van der Waals surface area contributed by atoms with Crippen LogP contribution in [0.4, 0.5) is 13.2 Å². The first kappa shape index (κ1) is 21.3. The summed E-state index contributed by atoms with van der Waals surface area (Å²) in [6, 6.07) is 15.3. The second-order valence-electron chi connectivity index (χ2n) is 6.76. The van der Waals surface area contributed by atoms with Crippen LogP contribution in [0.1, 0.15) is 22.8 Å². The Bertz CT molecular complexity index is 1090. The largest absolute Gasteiger partial charge is 0.416 e. The number of amides is 1. The van der Waals surface area contributed by atoms with Crippen molar-refractivity contribution >= 4 is 22.5 Å². The lowest BCUT2D eigenvalue weighted by Gasteiger charge is -2.16. The second-order valence-corrected chi connectivity index (χ2v) is 6.76. The SMILES string of the molecule is CN=C(NN)C(C)NC(=O)c1ccc2c(-c3ccc(C(F)(F)F)cc3)cccc2c1. The highest BCUT2D eigenvalue weighted by Gasteiger charge is 2.30. The molecule has 3 aromatic rings. The van der Waals surface area contributed by atoms with Gasteiger partial charge in [-0.3, -0.25) is 9.79 Å². The smallest absolute Gasteiger partial charge is 0.342 e. The Hall–Kier alpha value is -3.39. The van der Waals surface area contributed by atoms with Gasteiger partial charge >= 0.3 is 6.18 Å². The summed E-state index contributed by atoms with van der Waals surface area (Å²) in [5.74, 6) is 5.53. The molecule has 1 atom stereocenters. The predicted octanol–water partition coefficient (Wildman–Crippen LogP) is 4.14. The Morgan fingerprint density at radius 1 is 1.07 bits per heavy atom. The van der Waals surface area contributed by atoms with Crippen LogP contribution >= 0.6 is 0 Å². The molecule has 5 nitrogen and oxygen atoms in total. The number of amidine groups is 1. The zero-order valence-electron chi connectivity index (χ0n) is 16.4. The van der Waals surface area contributed by atoms with E-state index >= 15 is 0 Å². The summed E-state index contributed by atoms with van der Waals surface area (Å²) in [5.41, 5.74) is 3.65. The number of nitrogens with two attached hydrogens (primary N) is 1. The summed E-state index contributed by atoms with van der Waals surface area (Å²) >= 11 is 0. The van der Waals surface area contributed by atoms with Crippen LogP contribution < -0.4 is 16.6 Å². The molecule has 0 fully saturated rings. The number of nitrogens with one attached hydrogen (secondary N) is 2. The van der Waals surface area contributed by atoms with Crippen molar-refractivity contribution in [3.05, 3.63) is 71.8 Å². The Morgan fingerprint density at radius 2 is 1.77 bits per heavy atom. The van der Waals surface area contributed by atoms with Crippen molar-refractivity contribution < 1.29 is 18.0 Å². The lowest BCUT2D eigenvalue weighted by molar-refractivity contribution is -0.137. The van der Waals surface area contributed by atoms with Gasteiger partial charge in [0, 0.05) is 12.6 Å². The molecule has 0 spiro atoms. The van der Waals surface area contributed by atoms with Gasteiger partial charge in [-0.1, -0.05) is 36.4 Å². The van der Waals surface area contributed by atoms with Crippen molar-refractivity contribution in [3.8, 4) is 11.1 Å². The standard InChI is InChI=1S/C22H21F3N4O/c1-13(20(27-2)29-26)28-21(30)16-8-11-19-15(12-16)4-3-5-18(19)14-6-9-17(10-7-14)22(23,24)25/h3-13H,26H2,1-2H3,(H,27,29)(H,28,30). The number of nitrogens with zero attached hydrogens (tertiary/aromatic N) is 1. The van der Waals surface area contributed by atoms with E-state index in [0.29, 0.717) is 17.0 Å². The molecule has 0 aliphatic heterocycles. The van der Waals surface area contributed by atoms with E-state index in [4.69, 9.17) is 5.84 Å². The van der Waals surface area contributed by atoms with Crippen LogP contribution in [0.2, 0.25) is 0 Å². The van der Waals surface area contributed by atoms with Crippen LogP contribution in [0.3, 0.4) is 0 Å². The number of benzene rings is 3. The van der Waals surface area contributed by atoms with E-state index in [1.165, 1.54) is 12.1 Å². The second kappa shape index (κ2) is 8.54. The number of hydrogen-bond acceptors (Lipinski definition) is 3. The minimum Gasteiger partial charge on any atom is -0.342 e. The van der Waals surface area contributed by atoms with Crippen molar-refractivity contribution in [3.63, 3.8) is 0 Å². The molecule has 30 heavy (non-hydrogen) atoms. The van der Waals surface area contributed by atoms with Crippen LogP contribution in [-0.4, -0.2) is 24.8 Å². The van der Waals surface area contributed by atoms with Gasteiger partial charge in [-0.2, -0.15) is 13.2 Å². The molecule has 4 N–H and O–H groups in total. The number of aliphatic imine (C=N–C) groups is 1. The van der Waals surface area contributed by atoms with E-state index in [1.54, 1.807) is 38.2 Å². The molecule has 0 heterocycles. The molecule has 3 rings (SSSR count). The summed E-state index contributed by atoms with van der Waals surface area (Å²) in [7, 11) is 1.57. The Labute approximate surface area is 171 Å². The molecule has 0 bridgehead atoms. The molecule has 8 heteroatoms. The van der Waals surface area contributed by atoms with E-state index in [2.05, 4.69) is 15.7 Å². The van der Waals surface area contributed by atoms with Gasteiger partial charge in [0.2, 0.25) is 0 Å². The van der Waals surface area contributed by atoms with Crippen LogP contribution in [0.5, 0.6) is 0 Å². The van der Waals surface area contributed by atoms with E-state index in [0.717, 1.165) is 28.5 Å². The van der Waals surface area contributed by atoms with Gasteiger partial charge in [0.15, 0.2) is 0 Å².